The lowest BCUT2D eigenvalue weighted by Crippen LogP contribution is -2.10. The zero-order valence-corrected chi connectivity index (χ0v) is 20.5. The van der Waals surface area contributed by atoms with Crippen molar-refractivity contribution < 1.29 is 33.0 Å². The summed E-state index contributed by atoms with van der Waals surface area (Å²) in [5, 5.41) is 21.6. The summed E-state index contributed by atoms with van der Waals surface area (Å²) in [7, 11) is 1.82. The molecule has 0 aliphatic heterocycles. The van der Waals surface area contributed by atoms with Crippen LogP contribution in [0.5, 0.6) is 5.75 Å². The van der Waals surface area contributed by atoms with E-state index in [-0.39, 0.29) is 33.3 Å². The van der Waals surface area contributed by atoms with Gasteiger partial charge in [-0.3, -0.25) is 4.79 Å². The van der Waals surface area contributed by atoms with Crippen molar-refractivity contribution in [3.8, 4) is 5.75 Å². The summed E-state index contributed by atoms with van der Waals surface area (Å²) in [6.45, 7) is 0. The van der Waals surface area contributed by atoms with E-state index < -0.39 is 23.5 Å². The summed E-state index contributed by atoms with van der Waals surface area (Å²) < 4.78 is 38.8. The van der Waals surface area contributed by atoms with E-state index in [1.165, 1.54) is 18.2 Å². The Morgan fingerprint density at radius 1 is 0.816 bits per heavy atom. The number of carboxylic acids is 1. The number of phenols is 1. The monoisotopic (exact) mass is 540 g/mol. The molecule has 0 atom stereocenters. The van der Waals surface area contributed by atoms with E-state index in [0.717, 1.165) is 29.6 Å². The molecule has 4 aromatic carbocycles. The number of halogens is 4. The molecule has 3 N–H and O–H groups in total. The number of alkyl halides is 3. The van der Waals surface area contributed by atoms with Gasteiger partial charge in [-0.25, -0.2) is 4.79 Å². The Hall–Kier alpha value is -4.50. The van der Waals surface area contributed by atoms with Crippen LogP contribution in [0.1, 0.15) is 31.8 Å². The number of benzene rings is 4. The third kappa shape index (κ3) is 5.90. The van der Waals surface area contributed by atoms with E-state index in [9.17, 15) is 33.0 Å². The first kappa shape index (κ1) is 26.6. The summed E-state index contributed by atoms with van der Waals surface area (Å²) in [6, 6.07) is 19.9. The molecule has 0 heterocycles. The molecule has 0 fully saturated rings. The first-order valence-corrected chi connectivity index (χ1v) is 11.5. The molecule has 4 aromatic rings. The van der Waals surface area contributed by atoms with Crippen LogP contribution in [0.2, 0.25) is 5.02 Å². The molecule has 6 nitrogen and oxygen atoms in total. The lowest BCUT2D eigenvalue weighted by atomic mass is 10.00. The van der Waals surface area contributed by atoms with Gasteiger partial charge in [-0.15, -0.1) is 0 Å². The summed E-state index contributed by atoms with van der Waals surface area (Å²) >= 11 is 6.02. The van der Waals surface area contributed by atoms with Crippen molar-refractivity contribution in [2.75, 3.05) is 17.3 Å². The third-order valence-electron chi connectivity index (χ3n) is 5.77. The van der Waals surface area contributed by atoms with Crippen molar-refractivity contribution >= 4 is 46.1 Å². The number of hydrogen-bond donors (Lipinski definition) is 3. The molecular formula is C28H20ClF3N2O4. The molecule has 0 aliphatic rings. The van der Waals surface area contributed by atoms with Gasteiger partial charge >= 0.3 is 12.1 Å². The van der Waals surface area contributed by atoms with Crippen LogP contribution in [-0.2, 0) is 6.18 Å². The summed E-state index contributed by atoms with van der Waals surface area (Å²) in [4.78, 5) is 26.8. The predicted molar refractivity (Wildman–Crippen MR) is 139 cm³/mol. The maximum absolute atomic E-state index is 13.2. The van der Waals surface area contributed by atoms with Gasteiger partial charge in [0.25, 0.3) is 0 Å². The molecule has 10 heteroatoms. The van der Waals surface area contributed by atoms with Gasteiger partial charge in [0, 0.05) is 35.2 Å². The SMILES string of the molecule is CN(c1ccc(O)cc1)c1ccc(C(=O)c2cc(Nc3ccc(C(F)(F)F)cc3Cl)cc(C(=O)O)c2)cc1. The van der Waals surface area contributed by atoms with Crippen LogP contribution in [0, 0.1) is 0 Å². The number of carboxylic acid groups (broad SMARTS) is 1. The Kier molecular flexibility index (Phi) is 7.32. The van der Waals surface area contributed by atoms with Crippen molar-refractivity contribution in [2.24, 2.45) is 0 Å². The summed E-state index contributed by atoms with van der Waals surface area (Å²) in [6.07, 6.45) is -4.57. The van der Waals surface area contributed by atoms with Crippen molar-refractivity contribution in [3.05, 3.63) is 112 Å². The average Bonchev–Trinajstić information content (AvgIpc) is 2.88. The molecule has 0 amide bonds. The second-order valence-corrected chi connectivity index (χ2v) is 8.78. The van der Waals surface area contributed by atoms with Gasteiger partial charge in [0.15, 0.2) is 5.78 Å². The minimum atomic E-state index is -4.57. The number of phenolic OH excluding ortho intramolecular Hbond substituents is 1. The molecule has 4 rings (SSSR count). The molecule has 0 aliphatic carbocycles. The van der Waals surface area contributed by atoms with Gasteiger partial charge in [0.1, 0.15) is 5.75 Å². The maximum Gasteiger partial charge on any atom is 0.416 e. The Labute approximate surface area is 220 Å². The Morgan fingerprint density at radius 3 is 1.95 bits per heavy atom. The number of aromatic hydroxyl groups is 1. The van der Waals surface area contributed by atoms with E-state index in [4.69, 9.17) is 11.6 Å². The number of anilines is 4. The predicted octanol–water partition coefficient (Wildman–Crippen LogP) is 7.51. The lowest BCUT2D eigenvalue weighted by molar-refractivity contribution is -0.137. The van der Waals surface area contributed by atoms with Gasteiger partial charge in [-0.05, 0) is 84.9 Å². The van der Waals surface area contributed by atoms with Gasteiger partial charge < -0.3 is 20.4 Å². The van der Waals surface area contributed by atoms with E-state index in [2.05, 4.69) is 5.32 Å². The molecule has 0 bridgehead atoms. The van der Waals surface area contributed by atoms with Gasteiger partial charge in [0.05, 0.1) is 21.8 Å². The van der Waals surface area contributed by atoms with Crippen LogP contribution in [0.4, 0.5) is 35.9 Å². The highest BCUT2D eigenvalue weighted by Crippen LogP contribution is 2.35. The fourth-order valence-corrected chi connectivity index (χ4v) is 3.96. The smallest absolute Gasteiger partial charge is 0.416 e. The zero-order valence-electron chi connectivity index (χ0n) is 19.8. The minimum Gasteiger partial charge on any atom is -0.508 e. The van der Waals surface area contributed by atoms with Gasteiger partial charge in [-0.1, -0.05) is 11.6 Å². The number of ketones is 1. The van der Waals surface area contributed by atoms with Crippen LogP contribution < -0.4 is 10.2 Å². The number of nitrogens with one attached hydrogen (secondary N) is 1. The zero-order chi connectivity index (χ0) is 27.6. The van der Waals surface area contributed by atoms with Crippen LogP contribution in [0.25, 0.3) is 0 Å². The molecule has 0 spiro atoms. The largest absolute Gasteiger partial charge is 0.508 e. The van der Waals surface area contributed by atoms with Gasteiger partial charge in [-0.2, -0.15) is 13.2 Å². The Morgan fingerprint density at radius 2 is 1.39 bits per heavy atom. The van der Waals surface area contributed by atoms with E-state index >= 15 is 0 Å². The van der Waals surface area contributed by atoms with Crippen molar-refractivity contribution in [1.29, 1.82) is 0 Å². The molecule has 194 valence electrons. The maximum atomic E-state index is 13.2. The molecule has 0 aromatic heterocycles. The second kappa shape index (κ2) is 10.5. The van der Waals surface area contributed by atoms with Crippen LogP contribution in [-0.4, -0.2) is 29.0 Å². The molecule has 0 saturated heterocycles. The number of aromatic carboxylic acids is 1. The fourth-order valence-electron chi connectivity index (χ4n) is 3.73. The van der Waals surface area contributed by atoms with Crippen molar-refractivity contribution in [1.82, 2.24) is 0 Å². The van der Waals surface area contributed by atoms with Crippen LogP contribution in [0.3, 0.4) is 0 Å². The number of carbonyl (C=O) groups excluding carboxylic acids is 1. The Bertz CT molecular complexity index is 1500. The topological polar surface area (TPSA) is 89.9 Å². The molecule has 38 heavy (non-hydrogen) atoms. The summed E-state index contributed by atoms with van der Waals surface area (Å²) in [5.74, 6) is -1.60. The number of hydrogen-bond acceptors (Lipinski definition) is 5. The Balaban J connectivity index is 1.61. The van der Waals surface area contributed by atoms with Gasteiger partial charge in [0.2, 0.25) is 0 Å². The van der Waals surface area contributed by atoms with Crippen molar-refractivity contribution in [2.45, 2.75) is 6.18 Å². The highest BCUT2D eigenvalue weighted by molar-refractivity contribution is 6.33. The first-order chi connectivity index (χ1) is 17.9. The highest BCUT2D eigenvalue weighted by Gasteiger charge is 2.31. The van der Waals surface area contributed by atoms with E-state index in [0.29, 0.717) is 5.56 Å². The quantitative estimate of drug-likeness (QED) is 0.210. The van der Waals surface area contributed by atoms with Crippen LogP contribution >= 0.6 is 11.6 Å². The van der Waals surface area contributed by atoms with E-state index in [1.807, 2.05) is 11.9 Å². The van der Waals surface area contributed by atoms with E-state index in [1.54, 1.807) is 48.5 Å². The fraction of sp³-hybridized carbons (Fsp3) is 0.0714. The third-order valence-corrected chi connectivity index (χ3v) is 6.08. The van der Waals surface area contributed by atoms with Crippen molar-refractivity contribution in [3.63, 3.8) is 0 Å². The van der Waals surface area contributed by atoms with Crippen LogP contribution in [0.15, 0.2) is 84.9 Å². The number of carbonyl (C=O) groups is 2. The highest BCUT2D eigenvalue weighted by atomic mass is 35.5. The number of nitrogens with zero attached hydrogens (tertiary/aromatic N) is 1. The minimum absolute atomic E-state index is 0.0649. The lowest BCUT2D eigenvalue weighted by Gasteiger charge is -2.19. The molecule has 0 radical (unpaired) electrons. The second-order valence-electron chi connectivity index (χ2n) is 8.37. The molecule has 0 saturated carbocycles. The average molecular weight is 541 g/mol. The molecule has 0 unspecified atom stereocenters. The summed E-state index contributed by atoms with van der Waals surface area (Å²) in [5.41, 5.74) is 1.11. The molecular weight excluding hydrogens is 521 g/mol. The number of rotatable bonds is 7. The first-order valence-electron chi connectivity index (χ1n) is 11.1. The standard InChI is InChI=1S/C28H20ClF3N2O4/c1-34(22-7-9-23(35)10-8-22)21-5-2-16(3-6-21)26(36)17-12-18(27(37)38)14-20(13-17)33-25-11-4-19(15-24(25)29)28(30,31)32/h2-15,33,35H,1H3,(H,37,38). The normalized spacial score (nSPS) is 11.2.